The highest BCUT2D eigenvalue weighted by Crippen LogP contribution is 2.16. The lowest BCUT2D eigenvalue weighted by Crippen LogP contribution is -2.05. The summed E-state index contributed by atoms with van der Waals surface area (Å²) >= 11 is 0. The molecular formula is C30H34Cl2O4. The third-order valence-corrected chi connectivity index (χ3v) is 4.86. The largest absolute Gasteiger partial charge is 0.457 e. The van der Waals surface area contributed by atoms with Gasteiger partial charge in [0.15, 0.2) is 0 Å². The number of aryl methyl sites for hydroxylation is 4. The van der Waals surface area contributed by atoms with Crippen LogP contribution in [0.3, 0.4) is 0 Å². The van der Waals surface area contributed by atoms with Crippen LogP contribution in [0.15, 0.2) is 97.1 Å². The number of benzene rings is 4. The van der Waals surface area contributed by atoms with Crippen molar-refractivity contribution in [3.05, 3.63) is 119 Å². The van der Waals surface area contributed by atoms with Gasteiger partial charge >= 0.3 is 0 Å². The highest BCUT2D eigenvalue weighted by Gasteiger charge is 1.97. The van der Waals surface area contributed by atoms with Gasteiger partial charge in [0, 0.05) is 0 Å². The minimum absolute atomic E-state index is 0. The van der Waals surface area contributed by atoms with Gasteiger partial charge < -0.3 is 18.9 Å². The van der Waals surface area contributed by atoms with E-state index in [-0.39, 0.29) is 38.4 Å². The molecule has 0 aliphatic heterocycles. The number of hydrogen-bond donors (Lipinski definition) is 0. The molecule has 192 valence electrons. The fraction of sp³-hybridized carbons (Fsp3) is 0.200. The Labute approximate surface area is 227 Å². The molecule has 0 saturated carbocycles. The Bertz CT molecular complexity index is 997. The first-order chi connectivity index (χ1) is 16.5. The molecule has 0 bridgehead atoms. The van der Waals surface area contributed by atoms with Crippen LogP contribution in [0.1, 0.15) is 22.3 Å². The van der Waals surface area contributed by atoms with Gasteiger partial charge in [-0.1, -0.05) is 48.5 Å². The molecule has 0 aliphatic carbocycles. The van der Waals surface area contributed by atoms with E-state index in [4.69, 9.17) is 18.9 Å². The van der Waals surface area contributed by atoms with Crippen LogP contribution in [0.2, 0.25) is 0 Å². The van der Waals surface area contributed by atoms with Crippen molar-refractivity contribution in [2.45, 2.75) is 27.7 Å². The summed E-state index contributed by atoms with van der Waals surface area (Å²) < 4.78 is 22.0. The average molecular weight is 530 g/mol. The Balaban J connectivity index is 0.000000341. The van der Waals surface area contributed by atoms with Crippen LogP contribution >= 0.6 is 24.8 Å². The molecule has 0 unspecified atom stereocenters. The second kappa shape index (κ2) is 16.4. The van der Waals surface area contributed by atoms with E-state index in [1.54, 1.807) is 0 Å². The molecule has 4 aromatic rings. The van der Waals surface area contributed by atoms with Crippen LogP contribution in [-0.2, 0) is 0 Å². The molecule has 0 fully saturated rings. The van der Waals surface area contributed by atoms with Crippen LogP contribution in [0, 0.1) is 27.7 Å². The minimum Gasteiger partial charge on any atom is -0.457 e. The average Bonchev–Trinajstić information content (AvgIpc) is 2.80. The molecule has 4 nitrogen and oxygen atoms in total. The van der Waals surface area contributed by atoms with Crippen molar-refractivity contribution in [1.29, 1.82) is 0 Å². The number of hydrogen-bond acceptors (Lipinski definition) is 4. The van der Waals surface area contributed by atoms with Crippen LogP contribution < -0.4 is 18.9 Å². The van der Waals surface area contributed by atoms with E-state index >= 15 is 0 Å². The highest BCUT2D eigenvalue weighted by molar-refractivity contribution is 5.85. The second-order valence-electron chi connectivity index (χ2n) is 8.08. The number of halogens is 2. The molecule has 6 heteroatoms. The van der Waals surface area contributed by atoms with Crippen molar-refractivity contribution in [3.63, 3.8) is 0 Å². The Morgan fingerprint density at radius 3 is 0.806 bits per heavy atom. The van der Waals surface area contributed by atoms with Crippen molar-refractivity contribution in [2.75, 3.05) is 13.6 Å². The molecule has 0 amide bonds. The van der Waals surface area contributed by atoms with Gasteiger partial charge in [-0.15, -0.1) is 24.8 Å². The Hall–Kier alpha value is -3.34. The van der Waals surface area contributed by atoms with Crippen molar-refractivity contribution < 1.29 is 18.9 Å². The van der Waals surface area contributed by atoms with Crippen LogP contribution in [-0.4, -0.2) is 13.6 Å². The van der Waals surface area contributed by atoms with Gasteiger partial charge in [-0.3, -0.25) is 0 Å². The summed E-state index contributed by atoms with van der Waals surface area (Å²) in [6, 6.07) is 31.7. The van der Waals surface area contributed by atoms with Gasteiger partial charge in [0.25, 0.3) is 0 Å². The Kier molecular flexibility index (Phi) is 13.9. The second-order valence-corrected chi connectivity index (χ2v) is 8.08. The van der Waals surface area contributed by atoms with Gasteiger partial charge in [-0.2, -0.15) is 0 Å². The van der Waals surface area contributed by atoms with E-state index in [0.717, 1.165) is 23.0 Å². The summed E-state index contributed by atoms with van der Waals surface area (Å²) in [6.45, 7) is 8.60. The summed E-state index contributed by atoms with van der Waals surface area (Å²) in [7, 11) is 0. The summed E-state index contributed by atoms with van der Waals surface area (Å²) in [6.07, 6.45) is 0. The summed E-state index contributed by atoms with van der Waals surface area (Å²) in [5.74, 6) is 3.32. The molecule has 0 heterocycles. The lowest BCUT2D eigenvalue weighted by atomic mass is 10.2. The summed E-state index contributed by atoms with van der Waals surface area (Å²) in [5.41, 5.74) is 4.72. The normalized spacial score (nSPS) is 9.44. The van der Waals surface area contributed by atoms with E-state index in [1.807, 2.05) is 125 Å². The molecular weight excluding hydrogens is 495 g/mol. The Morgan fingerprint density at radius 2 is 0.611 bits per heavy atom. The molecule has 36 heavy (non-hydrogen) atoms. The monoisotopic (exact) mass is 528 g/mol. The summed E-state index contributed by atoms with van der Waals surface area (Å²) in [4.78, 5) is 0. The zero-order valence-electron chi connectivity index (χ0n) is 21.1. The summed E-state index contributed by atoms with van der Waals surface area (Å²) in [5, 5.41) is 0. The van der Waals surface area contributed by atoms with E-state index in [9.17, 15) is 0 Å². The molecule has 0 radical (unpaired) electrons. The molecule has 4 aromatic carbocycles. The first kappa shape index (κ1) is 30.7. The maximum Gasteiger partial charge on any atom is 0.230 e. The standard InChI is InChI=1S/2C15H16O2.2ClH/c2*1-12-5-3-7-14(9-12)16-11-17-15-8-4-6-13(2)10-15;;/h2*3-10H,11H2,1-2H3;2*1H. The SMILES string of the molecule is Cc1cccc(OCOc2cccc(C)c2)c1.Cc1cccc(OCOc2cccc(C)c2)c1.Cl.Cl. The highest BCUT2D eigenvalue weighted by atomic mass is 35.5. The van der Waals surface area contributed by atoms with E-state index in [2.05, 4.69) is 0 Å². The quantitative estimate of drug-likeness (QED) is 0.215. The topological polar surface area (TPSA) is 36.9 Å². The maximum atomic E-state index is 5.51. The fourth-order valence-electron chi connectivity index (χ4n) is 3.15. The van der Waals surface area contributed by atoms with Gasteiger partial charge in [0.05, 0.1) is 0 Å². The molecule has 0 saturated heterocycles. The molecule has 0 N–H and O–H groups in total. The number of rotatable bonds is 8. The van der Waals surface area contributed by atoms with E-state index in [1.165, 1.54) is 22.3 Å². The molecule has 0 spiro atoms. The van der Waals surface area contributed by atoms with Crippen LogP contribution in [0.25, 0.3) is 0 Å². The molecule has 0 atom stereocenters. The first-order valence-corrected chi connectivity index (χ1v) is 11.3. The smallest absolute Gasteiger partial charge is 0.230 e. The van der Waals surface area contributed by atoms with Gasteiger partial charge in [0.2, 0.25) is 13.6 Å². The lowest BCUT2D eigenvalue weighted by molar-refractivity contribution is 0.119. The first-order valence-electron chi connectivity index (χ1n) is 11.3. The Morgan fingerprint density at radius 1 is 0.389 bits per heavy atom. The third-order valence-electron chi connectivity index (χ3n) is 4.86. The molecule has 4 rings (SSSR count). The van der Waals surface area contributed by atoms with Crippen molar-refractivity contribution >= 4 is 24.8 Å². The zero-order chi connectivity index (χ0) is 24.2. The third kappa shape index (κ3) is 11.4. The minimum atomic E-state index is 0. The van der Waals surface area contributed by atoms with Crippen LogP contribution in [0.4, 0.5) is 0 Å². The van der Waals surface area contributed by atoms with Gasteiger partial charge in [0.1, 0.15) is 23.0 Å². The lowest BCUT2D eigenvalue weighted by Gasteiger charge is -2.09. The predicted octanol–water partition coefficient (Wildman–Crippen LogP) is 8.28. The number of ether oxygens (including phenoxy) is 4. The maximum absolute atomic E-state index is 5.51. The van der Waals surface area contributed by atoms with Gasteiger partial charge in [-0.05, 0) is 98.5 Å². The molecule has 0 aliphatic rings. The van der Waals surface area contributed by atoms with Crippen molar-refractivity contribution in [1.82, 2.24) is 0 Å². The van der Waals surface area contributed by atoms with Crippen molar-refractivity contribution in [3.8, 4) is 23.0 Å². The molecule has 0 aromatic heterocycles. The predicted molar refractivity (Wildman–Crippen MR) is 151 cm³/mol. The zero-order valence-corrected chi connectivity index (χ0v) is 22.7. The van der Waals surface area contributed by atoms with Crippen LogP contribution in [0.5, 0.6) is 23.0 Å². The fourth-order valence-corrected chi connectivity index (χ4v) is 3.15. The van der Waals surface area contributed by atoms with E-state index < -0.39 is 0 Å². The van der Waals surface area contributed by atoms with Gasteiger partial charge in [-0.25, -0.2) is 0 Å². The van der Waals surface area contributed by atoms with E-state index in [0.29, 0.717) is 0 Å². The van der Waals surface area contributed by atoms with Crippen molar-refractivity contribution in [2.24, 2.45) is 0 Å².